The summed E-state index contributed by atoms with van der Waals surface area (Å²) in [6.45, 7) is 3.09. The molecule has 1 unspecified atom stereocenters. The lowest BCUT2D eigenvalue weighted by Gasteiger charge is -2.25. The number of nitrogens with one attached hydrogen (secondary N) is 1. The summed E-state index contributed by atoms with van der Waals surface area (Å²) in [6.07, 6.45) is 1.97. The van der Waals surface area contributed by atoms with Crippen molar-refractivity contribution in [2.75, 3.05) is 11.9 Å². The fourth-order valence-electron chi connectivity index (χ4n) is 2.64. The Morgan fingerprint density at radius 3 is 3.00 bits per heavy atom. The molecule has 0 saturated heterocycles. The molecule has 1 aromatic carbocycles. The van der Waals surface area contributed by atoms with Gasteiger partial charge in [-0.3, -0.25) is 4.68 Å². The first-order chi connectivity index (χ1) is 8.79. The third kappa shape index (κ3) is 1.78. The standard InChI is InChI=1S/C14H18N4/c1-3-13-16-14(18(2)17-13)11-8-9-15-12-7-5-4-6-10(11)12/h4-7,11,15H,3,8-9H2,1-2H3. The lowest BCUT2D eigenvalue weighted by Crippen LogP contribution is -2.20. The van der Waals surface area contributed by atoms with E-state index in [2.05, 4.69) is 46.6 Å². The third-order valence-corrected chi connectivity index (χ3v) is 3.55. The van der Waals surface area contributed by atoms with E-state index in [9.17, 15) is 0 Å². The molecule has 0 fully saturated rings. The van der Waals surface area contributed by atoms with E-state index < -0.39 is 0 Å². The summed E-state index contributed by atoms with van der Waals surface area (Å²) in [4.78, 5) is 4.67. The molecule has 1 aliphatic rings. The van der Waals surface area contributed by atoms with Crippen molar-refractivity contribution in [3.8, 4) is 0 Å². The second-order valence-electron chi connectivity index (χ2n) is 4.72. The average Bonchev–Trinajstić information content (AvgIpc) is 2.79. The minimum absolute atomic E-state index is 0.361. The molecule has 18 heavy (non-hydrogen) atoms. The van der Waals surface area contributed by atoms with Gasteiger partial charge in [-0.2, -0.15) is 5.10 Å². The molecule has 0 amide bonds. The molecule has 94 valence electrons. The van der Waals surface area contributed by atoms with Gasteiger partial charge >= 0.3 is 0 Å². The second-order valence-corrected chi connectivity index (χ2v) is 4.72. The van der Waals surface area contributed by atoms with Crippen LogP contribution >= 0.6 is 0 Å². The predicted molar refractivity (Wildman–Crippen MR) is 71.8 cm³/mol. The molecule has 0 aliphatic carbocycles. The summed E-state index contributed by atoms with van der Waals surface area (Å²) in [5.41, 5.74) is 2.57. The molecule has 3 rings (SSSR count). The maximum absolute atomic E-state index is 4.67. The van der Waals surface area contributed by atoms with Crippen LogP contribution in [-0.2, 0) is 13.5 Å². The van der Waals surface area contributed by atoms with Crippen LogP contribution in [-0.4, -0.2) is 21.3 Å². The predicted octanol–water partition coefficient (Wildman–Crippen LogP) is 2.33. The van der Waals surface area contributed by atoms with Crippen molar-refractivity contribution in [1.29, 1.82) is 0 Å². The number of nitrogens with zero attached hydrogens (tertiary/aromatic N) is 3. The van der Waals surface area contributed by atoms with Crippen LogP contribution in [0.3, 0.4) is 0 Å². The number of hydrogen-bond donors (Lipinski definition) is 1. The number of hydrogen-bond acceptors (Lipinski definition) is 3. The molecule has 0 spiro atoms. The van der Waals surface area contributed by atoms with Gasteiger partial charge in [0.15, 0.2) is 5.82 Å². The van der Waals surface area contributed by atoms with Gasteiger partial charge in [0.1, 0.15) is 5.82 Å². The number of aryl methyl sites for hydroxylation is 2. The van der Waals surface area contributed by atoms with Crippen molar-refractivity contribution in [3.63, 3.8) is 0 Å². The van der Waals surface area contributed by atoms with Crippen molar-refractivity contribution < 1.29 is 0 Å². The third-order valence-electron chi connectivity index (χ3n) is 3.55. The molecular formula is C14H18N4. The second kappa shape index (κ2) is 4.44. The summed E-state index contributed by atoms with van der Waals surface area (Å²) in [7, 11) is 1.99. The van der Waals surface area contributed by atoms with Gasteiger partial charge in [-0.1, -0.05) is 25.1 Å². The monoisotopic (exact) mass is 242 g/mol. The van der Waals surface area contributed by atoms with Crippen LogP contribution in [0.5, 0.6) is 0 Å². The fraction of sp³-hybridized carbons (Fsp3) is 0.429. The first-order valence-corrected chi connectivity index (χ1v) is 6.52. The Hall–Kier alpha value is -1.84. The molecule has 1 aromatic heterocycles. The topological polar surface area (TPSA) is 42.7 Å². The van der Waals surface area contributed by atoms with Crippen LogP contribution in [0.4, 0.5) is 5.69 Å². The molecule has 1 aliphatic heterocycles. The van der Waals surface area contributed by atoms with E-state index >= 15 is 0 Å². The van der Waals surface area contributed by atoms with Crippen LogP contribution in [0.15, 0.2) is 24.3 Å². The van der Waals surface area contributed by atoms with Crippen molar-refractivity contribution in [1.82, 2.24) is 14.8 Å². The maximum atomic E-state index is 4.67. The van der Waals surface area contributed by atoms with Crippen molar-refractivity contribution in [2.24, 2.45) is 7.05 Å². The van der Waals surface area contributed by atoms with Crippen molar-refractivity contribution in [2.45, 2.75) is 25.7 Å². The Kier molecular flexibility index (Phi) is 2.78. The smallest absolute Gasteiger partial charge is 0.150 e. The van der Waals surface area contributed by atoms with Crippen LogP contribution in [0, 0.1) is 0 Å². The highest BCUT2D eigenvalue weighted by Gasteiger charge is 2.25. The SMILES string of the molecule is CCc1nc(C2CCNc3ccccc32)n(C)n1. The lowest BCUT2D eigenvalue weighted by molar-refractivity contribution is 0.612. The summed E-state index contributed by atoms with van der Waals surface area (Å²) >= 11 is 0. The quantitative estimate of drug-likeness (QED) is 0.879. The molecule has 4 nitrogen and oxygen atoms in total. The Balaban J connectivity index is 2.05. The Bertz CT molecular complexity index is 559. The molecular weight excluding hydrogens is 224 g/mol. The summed E-state index contributed by atoms with van der Waals surface area (Å²) in [5.74, 6) is 2.38. The van der Waals surface area contributed by atoms with Crippen molar-refractivity contribution in [3.05, 3.63) is 41.5 Å². The molecule has 1 N–H and O–H groups in total. The minimum atomic E-state index is 0.361. The number of anilines is 1. The number of aromatic nitrogens is 3. The Labute approximate surface area is 107 Å². The first-order valence-electron chi connectivity index (χ1n) is 6.52. The number of benzene rings is 1. The van der Waals surface area contributed by atoms with Crippen LogP contribution in [0.1, 0.15) is 36.5 Å². The highest BCUT2D eigenvalue weighted by molar-refractivity contribution is 5.56. The van der Waals surface area contributed by atoms with Crippen molar-refractivity contribution >= 4 is 5.69 Å². The first kappa shape index (κ1) is 11.3. The highest BCUT2D eigenvalue weighted by Crippen LogP contribution is 2.35. The van der Waals surface area contributed by atoms with Crippen LogP contribution < -0.4 is 5.32 Å². The van der Waals surface area contributed by atoms with Crippen LogP contribution in [0.2, 0.25) is 0 Å². The molecule has 0 radical (unpaired) electrons. The van der Waals surface area contributed by atoms with Gasteiger partial charge in [-0.05, 0) is 18.1 Å². The summed E-state index contributed by atoms with van der Waals surface area (Å²) in [6, 6.07) is 8.49. The normalized spacial score (nSPS) is 18.2. The molecule has 4 heteroatoms. The van der Waals surface area contributed by atoms with Gasteiger partial charge in [0.05, 0.1) is 0 Å². The Morgan fingerprint density at radius 2 is 2.22 bits per heavy atom. The minimum Gasteiger partial charge on any atom is -0.385 e. The van der Waals surface area contributed by atoms with E-state index in [1.807, 2.05) is 11.7 Å². The zero-order chi connectivity index (χ0) is 12.5. The van der Waals surface area contributed by atoms with E-state index in [1.54, 1.807) is 0 Å². The molecule has 0 saturated carbocycles. The number of fused-ring (bicyclic) bond motifs is 1. The highest BCUT2D eigenvalue weighted by atomic mass is 15.3. The molecule has 2 heterocycles. The van der Waals surface area contributed by atoms with Gasteiger partial charge in [-0.25, -0.2) is 4.98 Å². The largest absolute Gasteiger partial charge is 0.385 e. The van der Waals surface area contributed by atoms with E-state index in [-0.39, 0.29) is 0 Å². The van der Waals surface area contributed by atoms with Gasteiger partial charge in [0, 0.05) is 31.6 Å². The Morgan fingerprint density at radius 1 is 1.39 bits per heavy atom. The van der Waals surface area contributed by atoms with E-state index in [4.69, 9.17) is 0 Å². The number of para-hydroxylation sites is 1. The molecule has 0 bridgehead atoms. The van der Waals surface area contributed by atoms with E-state index in [0.29, 0.717) is 5.92 Å². The zero-order valence-corrected chi connectivity index (χ0v) is 10.8. The van der Waals surface area contributed by atoms with Gasteiger partial charge in [0.25, 0.3) is 0 Å². The van der Waals surface area contributed by atoms with E-state index in [1.165, 1.54) is 11.3 Å². The van der Waals surface area contributed by atoms with Gasteiger partial charge in [0.2, 0.25) is 0 Å². The summed E-state index contributed by atoms with van der Waals surface area (Å²) < 4.78 is 1.94. The molecule has 2 aromatic rings. The van der Waals surface area contributed by atoms with Gasteiger partial charge in [-0.15, -0.1) is 0 Å². The zero-order valence-electron chi connectivity index (χ0n) is 10.8. The van der Waals surface area contributed by atoms with Gasteiger partial charge < -0.3 is 5.32 Å². The fourth-order valence-corrected chi connectivity index (χ4v) is 2.64. The average molecular weight is 242 g/mol. The molecule has 1 atom stereocenters. The maximum Gasteiger partial charge on any atom is 0.150 e. The summed E-state index contributed by atoms with van der Waals surface area (Å²) in [5, 5.41) is 7.91. The number of rotatable bonds is 2. The van der Waals surface area contributed by atoms with Crippen LogP contribution in [0.25, 0.3) is 0 Å². The van der Waals surface area contributed by atoms with E-state index in [0.717, 1.165) is 31.0 Å². The lowest BCUT2D eigenvalue weighted by atomic mass is 9.90.